The van der Waals surface area contributed by atoms with E-state index in [0.29, 0.717) is 11.8 Å². The summed E-state index contributed by atoms with van der Waals surface area (Å²) in [5.74, 6) is 1.02. The monoisotopic (exact) mass is 291 g/mol. The summed E-state index contributed by atoms with van der Waals surface area (Å²) in [6.45, 7) is 1.05. The molecule has 0 spiro atoms. The minimum absolute atomic E-state index is 0.493. The summed E-state index contributed by atoms with van der Waals surface area (Å²) in [5.41, 5.74) is 10.4. The maximum absolute atomic E-state index is 6.02. The van der Waals surface area contributed by atoms with Crippen LogP contribution >= 0.6 is 0 Å². The minimum Gasteiger partial charge on any atom is -0.385 e. The molecular formula is C17H17N5. The van der Waals surface area contributed by atoms with Gasteiger partial charge >= 0.3 is 0 Å². The lowest BCUT2D eigenvalue weighted by Crippen LogP contribution is -2.11. The molecule has 110 valence electrons. The zero-order valence-corrected chi connectivity index (χ0v) is 12.1. The molecule has 1 aliphatic heterocycles. The first-order valence-corrected chi connectivity index (χ1v) is 7.46. The predicted molar refractivity (Wildman–Crippen MR) is 90.5 cm³/mol. The van der Waals surface area contributed by atoms with Crippen molar-refractivity contribution >= 4 is 34.0 Å². The van der Waals surface area contributed by atoms with Gasteiger partial charge in [-0.05, 0) is 48.7 Å². The van der Waals surface area contributed by atoms with Crippen molar-refractivity contribution in [2.45, 2.75) is 12.8 Å². The van der Waals surface area contributed by atoms with Crippen LogP contribution in [0.15, 0.2) is 42.5 Å². The molecule has 0 fully saturated rings. The fourth-order valence-electron chi connectivity index (χ4n) is 2.84. The van der Waals surface area contributed by atoms with Crippen LogP contribution < -0.4 is 16.4 Å². The van der Waals surface area contributed by atoms with Gasteiger partial charge in [-0.2, -0.15) is 4.98 Å². The highest BCUT2D eigenvalue weighted by Gasteiger charge is 2.10. The van der Waals surface area contributed by atoms with Crippen LogP contribution in [0.4, 0.5) is 23.1 Å². The lowest BCUT2D eigenvalue weighted by Gasteiger charge is -2.18. The van der Waals surface area contributed by atoms with E-state index in [1.54, 1.807) is 0 Å². The largest absolute Gasteiger partial charge is 0.385 e. The summed E-state index contributed by atoms with van der Waals surface area (Å²) in [5, 5.41) is 7.54. The number of nitrogen functional groups attached to an aromatic ring is 1. The lowest BCUT2D eigenvalue weighted by atomic mass is 10.0. The molecule has 0 saturated heterocycles. The molecule has 2 heterocycles. The van der Waals surface area contributed by atoms with Crippen molar-refractivity contribution in [3.63, 3.8) is 0 Å². The zero-order chi connectivity index (χ0) is 14.9. The normalized spacial score (nSPS) is 13.5. The number of nitrogens with two attached hydrogens (primary N) is 1. The number of nitrogens with zero attached hydrogens (tertiary/aromatic N) is 2. The predicted octanol–water partition coefficient (Wildman–Crippen LogP) is 3.31. The van der Waals surface area contributed by atoms with Crippen LogP contribution in [0.5, 0.6) is 0 Å². The fraction of sp³-hybridized carbons (Fsp3) is 0.176. The average Bonchev–Trinajstić information content (AvgIpc) is 2.55. The number of anilines is 4. The maximum atomic E-state index is 6.02. The summed E-state index contributed by atoms with van der Waals surface area (Å²) in [7, 11) is 0. The first-order valence-electron chi connectivity index (χ1n) is 7.46. The molecule has 0 amide bonds. The van der Waals surface area contributed by atoms with Gasteiger partial charge in [0.2, 0.25) is 5.95 Å². The zero-order valence-electron chi connectivity index (χ0n) is 12.1. The van der Waals surface area contributed by atoms with Crippen LogP contribution in [-0.2, 0) is 6.42 Å². The summed E-state index contributed by atoms with van der Waals surface area (Å²) in [4.78, 5) is 8.87. The van der Waals surface area contributed by atoms with Gasteiger partial charge in [-0.15, -0.1) is 0 Å². The third-order valence-corrected chi connectivity index (χ3v) is 3.93. The van der Waals surface area contributed by atoms with E-state index in [0.717, 1.165) is 36.0 Å². The van der Waals surface area contributed by atoms with Crippen molar-refractivity contribution in [3.8, 4) is 0 Å². The molecule has 0 bridgehead atoms. The number of fused-ring (bicyclic) bond motifs is 2. The molecule has 5 heteroatoms. The topological polar surface area (TPSA) is 75.9 Å². The van der Waals surface area contributed by atoms with Crippen molar-refractivity contribution < 1.29 is 0 Å². The molecule has 1 aromatic heterocycles. The van der Waals surface area contributed by atoms with Crippen LogP contribution in [0.1, 0.15) is 12.0 Å². The third kappa shape index (κ3) is 2.30. The van der Waals surface area contributed by atoms with Gasteiger partial charge in [-0.3, -0.25) is 0 Å². The number of hydrogen-bond donors (Lipinski definition) is 3. The molecule has 2 aromatic carbocycles. The van der Waals surface area contributed by atoms with E-state index < -0.39 is 0 Å². The highest BCUT2D eigenvalue weighted by atomic mass is 15.1. The molecule has 1 aliphatic rings. The van der Waals surface area contributed by atoms with Crippen molar-refractivity contribution in [2.75, 3.05) is 22.9 Å². The van der Waals surface area contributed by atoms with Gasteiger partial charge in [0.15, 0.2) is 0 Å². The Bertz CT molecular complexity index is 844. The molecule has 0 radical (unpaired) electrons. The Labute approximate surface area is 128 Å². The Morgan fingerprint density at radius 3 is 2.95 bits per heavy atom. The molecule has 22 heavy (non-hydrogen) atoms. The number of hydrogen-bond acceptors (Lipinski definition) is 5. The van der Waals surface area contributed by atoms with E-state index in [2.05, 4.69) is 32.7 Å². The number of aryl methyl sites for hydroxylation is 1. The van der Waals surface area contributed by atoms with E-state index in [1.807, 2.05) is 30.3 Å². The minimum atomic E-state index is 0.493. The van der Waals surface area contributed by atoms with Gasteiger partial charge in [-0.1, -0.05) is 12.1 Å². The van der Waals surface area contributed by atoms with Crippen molar-refractivity contribution in [1.29, 1.82) is 0 Å². The van der Waals surface area contributed by atoms with Crippen LogP contribution in [0.25, 0.3) is 10.9 Å². The Morgan fingerprint density at radius 2 is 2.00 bits per heavy atom. The van der Waals surface area contributed by atoms with Gasteiger partial charge in [0.25, 0.3) is 0 Å². The quantitative estimate of drug-likeness (QED) is 0.675. The molecule has 0 saturated carbocycles. The first kappa shape index (κ1) is 12.9. The molecule has 4 N–H and O–H groups in total. The number of nitrogens with one attached hydrogen (secondary N) is 2. The second kappa shape index (κ2) is 5.18. The molecular weight excluding hydrogens is 274 g/mol. The van der Waals surface area contributed by atoms with Gasteiger partial charge in [0, 0.05) is 23.3 Å². The first-order chi connectivity index (χ1) is 10.8. The van der Waals surface area contributed by atoms with Crippen LogP contribution in [-0.4, -0.2) is 16.5 Å². The molecule has 3 aromatic rings. The maximum Gasteiger partial charge on any atom is 0.229 e. The smallest absolute Gasteiger partial charge is 0.229 e. The molecule has 4 rings (SSSR count). The Balaban J connectivity index is 1.68. The Morgan fingerprint density at radius 1 is 1.09 bits per heavy atom. The van der Waals surface area contributed by atoms with E-state index in [4.69, 9.17) is 5.73 Å². The van der Waals surface area contributed by atoms with Crippen LogP contribution in [0, 0.1) is 0 Å². The van der Waals surface area contributed by atoms with E-state index in [-0.39, 0.29) is 0 Å². The second-order valence-corrected chi connectivity index (χ2v) is 5.48. The molecule has 0 aliphatic carbocycles. The fourth-order valence-corrected chi connectivity index (χ4v) is 2.84. The van der Waals surface area contributed by atoms with Gasteiger partial charge in [0.05, 0.1) is 5.52 Å². The van der Waals surface area contributed by atoms with Gasteiger partial charge in [-0.25, -0.2) is 4.98 Å². The van der Waals surface area contributed by atoms with Gasteiger partial charge in [0.1, 0.15) is 5.82 Å². The summed E-state index contributed by atoms with van der Waals surface area (Å²) in [6.07, 6.45) is 2.26. The number of rotatable bonds is 2. The number of aromatic nitrogens is 2. The van der Waals surface area contributed by atoms with E-state index in [1.165, 1.54) is 11.3 Å². The standard InChI is InChI=1S/C17H17N5/c18-16-13-5-1-2-6-15(13)21-17(22-16)20-12-7-8-14-11(10-12)4-3-9-19-14/h1-2,5-8,10,19H,3-4,9H2,(H3,18,20,21,22). The van der Waals surface area contributed by atoms with Crippen LogP contribution in [0.3, 0.4) is 0 Å². The third-order valence-electron chi connectivity index (χ3n) is 3.93. The number of para-hydroxylation sites is 1. The Kier molecular flexibility index (Phi) is 3.04. The summed E-state index contributed by atoms with van der Waals surface area (Å²) < 4.78 is 0. The molecule has 5 nitrogen and oxygen atoms in total. The highest BCUT2D eigenvalue weighted by Crippen LogP contribution is 2.27. The average molecular weight is 291 g/mol. The van der Waals surface area contributed by atoms with E-state index >= 15 is 0 Å². The van der Waals surface area contributed by atoms with Crippen molar-refractivity contribution in [3.05, 3.63) is 48.0 Å². The summed E-state index contributed by atoms with van der Waals surface area (Å²) >= 11 is 0. The van der Waals surface area contributed by atoms with Crippen molar-refractivity contribution in [2.24, 2.45) is 0 Å². The molecule has 0 atom stereocenters. The Hall–Kier alpha value is -2.82. The van der Waals surface area contributed by atoms with Gasteiger partial charge < -0.3 is 16.4 Å². The highest BCUT2D eigenvalue weighted by molar-refractivity contribution is 5.89. The van der Waals surface area contributed by atoms with E-state index in [9.17, 15) is 0 Å². The lowest BCUT2D eigenvalue weighted by molar-refractivity contribution is 0.830. The second-order valence-electron chi connectivity index (χ2n) is 5.48. The van der Waals surface area contributed by atoms with Crippen LogP contribution in [0.2, 0.25) is 0 Å². The molecule has 0 unspecified atom stereocenters. The number of benzene rings is 2. The van der Waals surface area contributed by atoms with Crippen molar-refractivity contribution in [1.82, 2.24) is 9.97 Å². The summed E-state index contributed by atoms with van der Waals surface area (Å²) in [6, 6.07) is 14.0. The SMILES string of the molecule is Nc1nc(Nc2ccc3c(c2)CCCN3)nc2ccccc12.